The molecule has 9 nitrogen and oxygen atoms in total. The third-order valence-corrected chi connectivity index (χ3v) is 7.74. The van der Waals surface area contributed by atoms with Crippen molar-refractivity contribution in [2.75, 3.05) is 36.8 Å². The lowest BCUT2D eigenvalue weighted by molar-refractivity contribution is 0.366. The summed E-state index contributed by atoms with van der Waals surface area (Å²) in [5, 5.41) is 8.51. The van der Waals surface area contributed by atoms with Gasteiger partial charge in [0.05, 0.1) is 17.6 Å². The zero-order valence-corrected chi connectivity index (χ0v) is 17.9. The normalized spacial score (nSPS) is 19.6. The summed E-state index contributed by atoms with van der Waals surface area (Å²) < 4.78 is 31.7. The summed E-state index contributed by atoms with van der Waals surface area (Å²) >= 11 is 0. The molecule has 0 amide bonds. The van der Waals surface area contributed by atoms with Crippen molar-refractivity contribution in [2.24, 2.45) is 0 Å². The molecular weight excluding hydrogens is 392 g/mol. The lowest BCUT2D eigenvalue weighted by Crippen LogP contribution is -2.49. The monoisotopic (exact) mass is 422 g/mol. The lowest BCUT2D eigenvalue weighted by Gasteiger charge is -2.34. The standard InChI is InChI=1S/C19H28N6O3S.H2/c1-3-29(26,27)25-11-9-24(10-12-25)16-13-20-14(2)17(21-16)19-23-22-18(28-19)15-7-5-4-6-8-15;/h13,15H,3-12H2,1-2H3;1H. The first-order valence-electron chi connectivity index (χ1n) is 10.4. The summed E-state index contributed by atoms with van der Waals surface area (Å²) in [6.07, 6.45) is 7.60. The number of piperazine rings is 1. The summed E-state index contributed by atoms with van der Waals surface area (Å²) in [4.78, 5) is 11.3. The first kappa shape index (κ1) is 20.2. The zero-order valence-electron chi connectivity index (χ0n) is 17.0. The van der Waals surface area contributed by atoms with Gasteiger partial charge in [-0.05, 0) is 26.7 Å². The number of rotatable bonds is 5. The molecule has 1 saturated carbocycles. The molecule has 2 aromatic heterocycles. The molecule has 160 valence electrons. The number of hydrogen-bond acceptors (Lipinski definition) is 8. The second kappa shape index (κ2) is 8.35. The van der Waals surface area contributed by atoms with Gasteiger partial charge in [0.2, 0.25) is 15.9 Å². The molecule has 4 rings (SSSR count). The Hall–Kier alpha value is -2.07. The number of aromatic nitrogens is 4. The maximum absolute atomic E-state index is 12.1. The van der Waals surface area contributed by atoms with E-state index in [2.05, 4.69) is 20.1 Å². The van der Waals surface area contributed by atoms with Crippen LogP contribution in [0.2, 0.25) is 0 Å². The minimum absolute atomic E-state index is 0. The number of sulfonamides is 1. The average molecular weight is 423 g/mol. The second-order valence-corrected chi connectivity index (χ2v) is 9.99. The molecule has 0 radical (unpaired) electrons. The van der Waals surface area contributed by atoms with Crippen LogP contribution in [-0.2, 0) is 10.0 Å². The minimum atomic E-state index is -3.16. The molecule has 29 heavy (non-hydrogen) atoms. The quantitative estimate of drug-likeness (QED) is 0.724. The summed E-state index contributed by atoms with van der Waals surface area (Å²) in [5.74, 6) is 2.28. The van der Waals surface area contributed by atoms with Crippen LogP contribution in [0.4, 0.5) is 5.82 Å². The zero-order chi connectivity index (χ0) is 20.4. The highest BCUT2D eigenvalue weighted by molar-refractivity contribution is 7.89. The predicted octanol–water partition coefficient (Wildman–Crippen LogP) is 2.60. The van der Waals surface area contributed by atoms with E-state index in [0.29, 0.717) is 55.4 Å². The van der Waals surface area contributed by atoms with E-state index in [1.165, 1.54) is 19.3 Å². The predicted molar refractivity (Wildman–Crippen MR) is 111 cm³/mol. The molecule has 1 aliphatic carbocycles. The summed E-state index contributed by atoms with van der Waals surface area (Å²) in [6.45, 7) is 5.61. The first-order valence-corrected chi connectivity index (χ1v) is 12.0. The van der Waals surface area contributed by atoms with Crippen LogP contribution in [0.15, 0.2) is 10.6 Å². The van der Waals surface area contributed by atoms with Gasteiger partial charge in [0.15, 0.2) is 5.69 Å². The van der Waals surface area contributed by atoms with Gasteiger partial charge in [0.25, 0.3) is 5.89 Å². The Morgan fingerprint density at radius 3 is 2.55 bits per heavy atom. The van der Waals surface area contributed by atoms with E-state index >= 15 is 0 Å². The highest BCUT2D eigenvalue weighted by Gasteiger charge is 2.27. The largest absolute Gasteiger partial charge is 0.419 e. The molecular formula is C19H30N6O3S. The third kappa shape index (κ3) is 4.28. The van der Waals surface area contributed by atoms with Gasteiger partial charge in [-0.3, -0.25) is 4.98 Å². The Morgan fingerprint density at radius 1 is 1.14 bits per heavy atom. The third-order valence-electron chi connectivity index (χ3n) is 5.86. The molecule has 10 heteroatoms. The number of hydrogen-bond donors (Lipinski definition) is 0. The van der Waals surface area contributed by atoms with Gasteiger partial charge in [-0.25, -0.2) is 13.4 Å². The van der Waals surface area contributed by atoms with Gasteiger partial charge in [0.1, 0.15) is 5.82 Å². The van der Waals surface area contributed by atoms with Crippen LogP contribution in [0.1, 0.15) is 58.0 Å². The maximum Gasteiger partial charge on any atom is 0.268 e. The van der Waals surface area contributed by atoms with Crippen LogP contribution in [0, 0.1) is 6.92 Å². The maximum atomic E-state index is 12.1. The lowest BCUT2D eigenvalue weighted by atomic mass is 9.89. The molecule has 0 atom stereocenters. The van der Waals surface area contributed by atoms with Crippen molar-refractivity contribution in [1.82, 2.24) is 24.5 Å². The number of nitrogens with zero attached hydrogens (tertiary/aromatic N) is 6. The molecule has 1 aliphatic heterocycles. The molecule has 0 unspecified atom stereocenters. The highest BCUT2D eigenvalue weighted by atomic mass is 32.2. The van der Waals surface area contributed by atoms with E-state index in [-0.39, 0.29) is 7.18 Å². The summed E-state index contributed by atoms with van der Waals surface area (Å²) in [7, 11) is -3.16. The fourth-order valence-corrected chi connectivity index (χ4v) is 5.10. The fourth-order valence-electron chi connectivity index (χ4n) is 4.02. The molecule has 0 bridgehead atoms. The Kier molecular flexibility index (Phi) is 5.82. The van der Waals surface area contributed by atoms with Crippen LogP contribution < -0.4 is 4.90 Å². The first-order chi connectivity index (χ1) is 14.0. The molecule has 1 saturated heterocycles. The molecule has 0 aromatic carbocycles. The van der Waals surface area contributed by atoms with Crippen LogP contribution in [0.5, 0.6) is 0 Å². The van der Waals surface area contributed by atoms with Crippen molar-refractivity contribution in [1.29, 1.82) is 0 Å². The van der Waals surface area contributed by atoms with Gasteiger partial charge >= 0.3 is 0 Å². The average Bonchev–Trinajstić information content (AvgIpc) is 3.25. The molecule has 0 N–H and O–H groups in total. The van der Waals surface area contributed by atoms with Gasteiger partial charge in [-0.15, -0.1) is 10.2 Å². The Morgan fingerprint density at radius 2 is 1.86 bits per heavy atom. The Balaban J connectivity index is 0.00000256. The van der Waals surface area contributed by atoms with Crippen molar-refractivity contribution in [3.63, 3.8) is 0 Å². The fraction of sp³-hybridized carbons (Fsp3) is 0.684. The Bertz CT molecular complexity index is 953. The van der Waals surface area contributed by atoms with E-state index in [1.54, 1.807) is 17.4 Å². The molecule has 0 spiro atoms. The summed E-state index contributed by atoms with van der Waals surface area (Å²) in [5.41, 5.74) is 1.33. The van der Waals surface area contributed by atoms with Gasteiger partial charge in [-0.2, -0.15) is 4.31 Å². The SMILES string of the molecule is CCS(=O)(=O)N1CCN(c2cnc(C)c(-c3nnc(C4CCCCC4)o3)n2)CC1.[HH]. The van der Waals surface area contributed by atoms with Gasteiger partial charge in [0, 0.05) is 33.5 Å². The van der Waals surface area contributed by atoms with E-state index in [9.17, 15) is 8.42 Å². The number of anilines is 1. The molecule has 3 heterocycles. The van der Waals surface area contributed by atoms with Crippen molar-refractivity contribution in [3.8, 4) is 11.6 Å². The molecule has 2 aromatic rings. The highest BCUT2D eigenvalue weighted by Crippen LogP contribution is 2.33. The van der Waals surface area contributed by atoms with Crippen LogP contribution >= 0.6 is 0 Å². The van der Waals surface area contributed by atoms with E-state index < -0.39 is 10.0 Å². The molecule has 2 aliphatic rings. The van der Waals surface area contributed by atoms with Crippen molar-refractivity contribution in [3.05, 3.63) is 17.8 Å². The van der Waals surface area contributed by atoms with Crippen LogP contribution in [-0.4, -0.2) is 64.8 Å². The van der Waals surface area contributed by atoms with E-state index in [4.69, 9.17) is 9.40 Å². The number of aryl methyl sites for hydroxylation is 1. The van der Waals surface area contributed by atoms with E-state index in [1.807, 2.05) is 6.92 Å². The minimum Gasteiger partial charge on any atom is -0.419 e. The van der Waals surface area contributed by atoms with Gasteiger partial charge < -0.3 is 9.32 Å². The van der Waals surface area contributed by atoms with E-state index in [0.717, 1.165) is 18.5 Å². The van der Waals surface area contributed by atoms with Crippen LogP contribution in [0.3, 0.4) is 0 Å². The molecule has 2 fully saturated rings. The van der Waals surface area contributed by atoms with Gasteiger partial charge in [-0.1, -0.05) is 19.3 Å². The summed E-state index contributed by atoms with van der Waals surface area (Å²) in [6, 6.07) is 0. The topological polar surface area (TPSA) is 105 Å². The second-order valence-electron chi connectivity index (χ2n) is 7.73. The Labute approximate surface area is 173 Å². The van der Waals surface area contributed by atoms with Crippen molar-refractivity contribution >= 4 is 15.8 Å². The van der Waals surface area contributed by atoms with Crippen LogP contribution in [0.25, 0.3) is 11.6 Å². The smallest absolute Gasteiger partial charge is 0.268 e. The van der Waals surface area contributed by atoms with Crippen molar-refractivity contribution < 1.29 is 14.3 Å². The van der Waals surface area contributed by atoms with Crippen molar-refractivity contribution in [2.45, 2.75) is 51.9 Å².